The summed E-state index contributed by atoms with van der Waals surface area (Å²) in [5.41, 5.74) is -0.886. The Morgan fingerprint density at radius 1 is 1.40 bits per heavy atom. The van der Waals surface area contributed by atoms with Crippen molar-refractivity contribution in [2.24, 2.45) is 17.8 Å². The minimum Gasteiger partial charge on any atom is -0.390 e. The van der Waals surface area contributed by atoms with Crippen LogP contribution in [0.2, 0.25) is 0 Å². The highest BCUT2D eigenvalue weighted by molar-refractivity contribution is 4.94. The highest BCUT2D eigenvalue weighted by Gasteiger charge is 2.43. The van der Waals surface area contributed by atoms with Crippen molar-refractivity contribution in [3.63, 3.8) is 0 Å². The van der Waals surface area contributed by atoms with Crippen molar-refractivity contribution in [3.8, 4) is 0 Å². The van der Waals surface area contributed by atoms with Gasteiger partial charge in [0.05, 0.1) is 11.7 Å². The zero-order valence-corrected chi connectivity index (χ0v) is 10.5. The summed E-state index contributed by atoms with van der Waals surface area (Å²) >= 11 is 0. The van der Waals surface area contributed by atoms with Gasteiger partial charge < -0.3 is 10.2 Å². The van der Waals surface area contributed by atoms with E-state index in [4.69, 9.17) is 0 Å². The molecule has 1 aliphatic carbocycles. The van der Waals surface area contributed by atoms with E-state index in [0.29, 0.717) is 11.8 Å². The minimum atomic E-state index is -0.886. The smallest absolute Gasteiger partial charge is 0.0903 e. The Hall–Kier alpha value is -0.0800. The van der Waals surface area contributed by atoms with Crippen LogP contribution < -0.4 is 0 Å². The number of rotatable bonds is 3. The molecule has 1 aliphatic rings. The maximum atomic E-state index is 10.1. The first-order valence-corrected chi connectivity index (χ1v) is 6.30. The van der Waals surface area contributed by atoms with E-state index in [1.54, 1.807) is 6.92 Å². The van der Waals surface area contributed by atoms with E-state index < -0.39 is 11.7 Å². The van der Waals surface area contributed by atoms with Gasteiger partial charge in [0, 0.05) is 0 Å². The molecule has 0 aliphatic heterocycles. The Kier molecular flexibility index (Phi) is 4.19. The predicted octanol–water partition coefficient (Wildman–Crippen LogP) is 2.58. The van der Waals surface area contributed by atoms with Crippen LogP contribution >= 0.6 is 0 Å². The molecule has 0 spiro atoms. The van der Waals surface area contributed by atoms with Gasteiger partial charge in [0.15, 0.2) is 0 Å². The van der Waals surface area contributed by atoms with Crippen LogP contribution in [0.5, 0.6) is 0 Å². The third kappa shape index (κ3) is 2.73. The maximum Gasteiger partial charge on any atom is 0.0903 e. The second kappa shape index (κ2) is 4.84. The largest absolute Gasteiger partial charge is 0.390 e. The summed E-state index contributed by atoms with van der Waals surface area (Å²) in [6, 6.07) is 0. The van der Waals surface area contributed by atoms with Gasteiger partial charge in [-0.3, -0.25) is 0 Å². The average Bonchev–Trinajstić information content (AvgIpc) is 2.14. The van der Waals surface area contributed by atoms with Crippen LogP contribution in [0.25, 0.3) is 0 Å². The predicted molar refractivity (Wildman–Crippen MR) is 62.6 cm³/mol. The van der Waals surface area contributed by atoms with Crippen LogP contribution in [-0.2, 0) is 0 Å². The van der Waals surface area contributed by atoms with E-state index in [2.05, 4.69) is 13.8 Å². The highest BCUT2D eigenvalue weighted by Crippen LogP contribution is 2.40. The Morgan fingerprint density at radius 3 is 2.47 bits per heavy atom. The number of aliphatic hydroxyl groups is 2. The molecule has 0 aromatic heterocycles. The van der Waals surface area contributed by atoms with Crippen LogP contribution in [-0.4, -0.2) is 21.9 Å². The lowest BCUT2D eigenvalue weighted by Crippen LogP contribution is -2.51. The Balaban J connectivity index is 2.60. The van der Waals surface area contributed by atoms with Crippen LogP contribution in [0.15, 0.2) is 0 Å². The molecular formula is C13H26O2. The van der Waals surface area contributed by atoms with Crippen LogP contribution in [0.3, 0.4) is 0 Å². The molecule has 0 bridgehead atoms. The van der Waals surface area contributed by atoms with Crippen molar-refractivity contribution < 1.29 is 10.2 Å². The van der Waals surface area contributed by atoms with E-state index in [1.165, 1.54) is 12.8 Å². The number of hydrogen-bond donors (Lipinski definition) is 2. The van der Waals surface area contributed by atoms with Crippen LogP contribution in [0.4, 0.5) is 0 Å². The fourth-order valence-electron chi connectivity index (χ4n) is 2.80. The van der Waals surface area contributed by atoms with Crippen molar-refractivity contribution in [2.75, 3.05) is 0 Å². The number of aliphatic hydroxyl groups excluding tert-OH is 1. The van der Waals surface area contributed by atoms with Gasteiger partial charge in [-0.15, -0.1) is 0 Å². The van der Waals surface area contributed by atoms with Gasteiger partial charge >= 0.3 is 0 Å². The molecule has 2 nitrogen and oxygen atoms in total. The molecule has 1 rings (SSSR count). The fraction of sp³-hybridized carbons (Fsp3) is 1.00. The van der Waals surface area contributed by atoms with Crippen molar-refractivity contribution in [2.45, 2.75) is 65.1 Å². The molecule has 15 heavy (non-hydrogen) atoms. The molecule has 0 heterocycles. The van der Waals surface area contributed by atoms with Crippen molar-refractivity contribution in [3.05, 3.63) is 0 Å². The molecule has 0 radical (unpaired) electrons. The molecule has 5 atom stereocenters. The highest BCUT2D eigenvalue weighted by atomic mass is 16.3. The molecule has 0 aromatic carbocycles. The molecule has 1 saturated carbocycles. The van der Waals surface area contributed by atoms with Crippen molar-refractivity contribution in [1.82, 2.24) is 0 Å². The molecule has 0 amide bonds. The van der Waals surface area contributed by atoms with Gasteiger partial charge in [-0.1, -0.05) is 33.6 Å². The van der Waals surface area contributed by atoms with Gasteiger partial charge in [0.2, 0.25) is 0 Å². The van der Waals surface area contributed by atoms with E-state index in [1.807, 2.05) is 6.92 Å². The Bertz CT molecular complexity index is 187. The fourth-order valence-corrected chi connectivity index (χ4v) is 2.80. The summed E-state index contributed by atoms with van der Waals surface area (Å²) in [4.78, 5) is 0. The summed E-state index contributed by atoms with van der Waals surface area (Å²) in [6.07, 6.45) is 3.69. The van der Waals surface area contributed by atoms with Crippen molar-refractivity contribution in [1.29, 1.82) is 0 Å². The summed E-state index contributed by atoms with van der Waals surface area (Å²) in [7, 11) is 0. The molecule has 0 aromatic rings. The lowest BCUT2D eigenvalue weighted by Gasteiger charge is -2.44. The normalized spacial score (nSPS) is 44.0. The van der Waals surface area contributed by atoms with Gasteiger partial charge in [0.25, 0.3) is 0 Å². The zero-order chi connectivity index (χ0) is 11.6. The second-order valence-corrected chi connectivity index (χ2v) is 5.64. The van der Waals surface area contributed by atoms with E-state index in [-0.39, 0.29) is 5.92 Å². The Labute approximate surface area is 93.7 Å². The SMILES string of the molecule is CCC[C@@H](C)[C@H]1C[C@@H](C)[C@@](C)(O)[C@H](O)C1. The molecular weight excluding hydrogens is 188 g/mol. The molecule has 0 saturated heterocycles. The first-order chi connectivity index (χ1) is 6.89. The molecule has 2 N–H and O–H groups in total. The first kappa shape index (κ1) is 13.0. The average molecular weight is 214 g/mol. The topological polar surface area (TPSA) is 40.5 Å². The number of hydrogen-bond acceptors (Lipinski definition) is 2. The third-order valence-electron chi connectivity index (χ3n) is 4.40. The van der Waals surface area contributed by atoms with Gasteiger partial charge in [-0.25, -0.2) is 0 Å². The lowest BCUT2D eigenvalue weighted by molar-refractivity contribution is -0.137. The molecule has 1 fully saturated rings. The summed E-state index contributed by atoms with van der Waals surface area (Å²) in [5.74, 6) is 1.45. The maximum absolute atomic E-state index is 10.1. The van der Waals surface area contributed by atoms with Crippen LogP contribution in [0, 0.1) is 17.8 Å². The van der Waals surface area contributed by atoms with Crippen LogP contribution in [0.1, 0.15) is 53.4 Å². The van der Waals surface area contributed by atoms with E-state index in [9.17, 15) is 10.2 Å². The van der Waals surface area contributed by atoms with Gasteiger partial charge in [0.1, 0.15) is 0 Å². The van der Waals surface area contributed by atoms with E-state index in [0.717, 1.165) is 12.8 Å². The molecule has 90 valence electrons. The standard InChI is InChI=1S/C13H26O2/c1-5-6-9(2)11-7-10(3)13(4,15)12(14)8-11/h9-12,14-15H,5-8H2,1-4H3/t9-,10-,11+,12-,13-/m1/s1. The molecule has 0 unspecified atom stereocenters. The third-order valence-corrected chi connectivity index (χ3v) is 4.40. The zero-order valence-electron chi connectivity index (χ0n) is 10.5. The Morgan fingerprint density at radius 2 is 2.00 bits per heavy atom. The summed E-state index contributed by atoms with van der Waals surface area (Å²) in [5, 5.41) is 20.0. The first-order valence-electron chi connectivity index (χ1n) is 6.30. The second-order valence-electron chi connectivity index (χ2n) is 5.64. The monoisotopic (exact) mass is 214 g/mol. The minimum absolute atomic E-state index is 0.200. The lowest BCUT2D eigenvalue weighted by atomic mass is 9.67. The van der Waals surface area contributed by atoms with E-state index >= 15 is 0 Å². The molecule has 2 heteroatoms. The quantitative estimate of drug-likeness (QED) is 0.758. The van der Waals surface area contributed by atoms with Crippen molar-refractivity contribution >= 4 is 0 Å². The van der Waals surface area contributed by atoms with Gasteiger partial charge in [-0.05, 0) is 37.5 Å². The summed E-state index contributed by atoms with van der Waals surface area (Å²) < 4.78 is 0. The summed E-state index contributed by atoms with van der Waals surface area (Å²) in [6.45, 7) is 8.29. The van der Waals surface area contributed by atoms with Gasteiger partial charge in [-0.2, -0.15) is 0 Å².